The van der Waals surface area contributed by atoms with Crippen LogP contribution < -0.4 is 15.3 Å². The molecular weight excluding hydrogens is 398 g/mol. The summed E-state index contributed by atoms with van der Waals surface area (Å²) in [6.07, 6.45) is 10.1. The zero-order valence-corrected chi connectivity index (χ0v) is 18.6. The maximum absolute atomic E-state index is 11.8. The van der Waals surface area contributed by atoms with Crippen molar-refractivity contribution in [3.05, 3.63) is 27.8 Å². The van der Waals surface area contributed by atoms with Gasteiger partial charge in [-0.3, -0.25) is 14.8 Å². The molecule has 164 valence electrons. The van der Waals surface area contributed by atoms with Crippen molar-refractivity contribution in [1.29, 1.82) is 0 Å². The number of rotatable bonds is 4. The third kappa shape index (κ3) is 4.43. The predicted octanol–water partition coefficient (Wildman–Crippen LogP) is 1.45. The van der Waals surface area contributed by atoms with Crippen LogP contribution >= 0.6 is 0 Å². The van der Waals surface area contributed by atoms with E-state index in [1.807, 2.05) is 0 Å². The Morgan fingerprint density at radius 3 is 2.70 bits per heavy atom. The van der Waals surface area contributed by atoms with Gasteiger partial charge >= 0.3 is 0 Å². The molecule has 0 unspecified atom stereocenters. The quantitative estimate of drug-likeness (QED) is 0.722. The molecule has 1 aliphatic carbocycles. The van der Waals surface area contributed by atoms with E-state index in [2.05, 4.69) is 21.9 Å². The predicted molar refractivity (Wildman–Crippen MR) is 118 cm³/mol. The van der Waals surface area contributed by atoms with Crippen LogP contribution in [-0.4, -0.2) is 62.6 Å². The summed E-state index contributed by atoms with van der Waals surface area (Å²) in [6.45, 7) is 5.56. The summed E-state index contributed by atoms with van der Waals surface area (Å²) in [5.74, 6) is 2.32. The Labute approximate surface area is 179 Å². The number of fused-ring (bicyclic) bond motifs is 3. The lowest BCUT2D eigenvalue weighted by atomic mass is 9.89. The second-order valence-electron chi connectivity index (χ2n) is 9.38. The Bertz CT molecular complexity index is 1000. The van der Waals surface area contributed by atoms with Gasteiger partial charge in [0.2, 0.25) is 0 Å². The molecule has 0 N–H and O–H groups in total. The largest absolute Gasteiger partial charge is 0.476 e. The lowest BCUT2D eigenvalue weighted by molar-refractivity contribution is 0.0714. The minimum atomic E-state index is -2.86. The fraction of sp³-hybridized carbons (Fsp3) is 0.696. The highest BCUT2D eigenvalue weighted by Crippen LogP contribution is 2.28. The van der Waals surface area contributed by atoms with Gasteiger partial charge in [0, 0.05) is 50.1 Å². The van der Waals surface area contributed by atoms with Crippen LogP contribution in [0, 0.1) is 5.92 Å². The lowest BCUT2D eigenvalue weighted by Crippen LogP contribution is -2.44. The second kappa shape index (κ2) is 8.60. The number of hydrogen-bond acceptors (Lipinski definition) is 6. The number of ether oxygens (including phenoxy) is 1. The molecule has 0 atom stereocenters. The first-order chi connectivity index (χ1) is 14.6. The zero-order valence-electron chi connectivity index (χ0n) is 17.8. The molecule has 3 aliphatic heterocycles. The summed E-state index contributed by atoms with van der Waals surface area (Å²) in [5, 5.41) is 2.23. The van der Waals surface area contributed by atoms with Crippen molar-refractivity contribution in [1.82, 2.24) is 9.80 Å². The van der Waals surface area contributed by atoms with Crippen LogP contribution in [-0.2, 0) is 22.9 Å². The molecule has 0 amide bonds. The van der Waals surface area contributed by atoms with Crippen molar-refractivity contribution in [2.75, 3.05) is 44.4 Å². The number of hydrogen-bond donors (Lipinski definition) is 0. The van der Waals surface area contributed by atoms with Crippen molar-refractivity contribution in [3.63, 3.8) is 0 Å². The molecular formula is C23H33N3O3S. The molecule has 1 saturated carbocycles. The maximum atomic E-state index is 11.8. The third-order valence-electron chi connectivity index (χ3n) is 7.06. The molecule has 7 heteroatoms. The zero-order chi connectivity index (χ0) is 20.6. The van der Waals surface area contributed by atoms with Crippen molar-refractivity contribution in [2.45, 2.75) is 51.6 Å². The Hall–Kier alpha value is -1.44. The van der Waals surface area contributed by atoms with E-state index in [4.69, 9.17) is 9.73 Å². The Balaban J connectivity index is 1.39. The average molecular weight is 432 g/mol. The second-order valence-corrected chi connectivity index (χ2v) is 11.7. The van der Waals surface area contributed by atoms with Gasteiger partial charge in [0.1, 0.15) is 12.1 Å². The van der Waals surface area contributed by atoms with Crippen LogP contribution in [0.5, 0.6) is 5.75 Å². The van der Waals surface area contributed by atoms with E-state index in [1.165, 1.54) is 48.4 Å². The van der Waals surface area contributed by atoms with Crippen LogP contribution in [0.4, 0.5) is 0 Å². The fourth-order valence-corrected chi connectivity index (χ4v) is 6.68. The molecule has 1 aromatic rings. The number of nitrogens with zero attached hydrogens (tertiary/aromatic N) is 3. The summed E-state index contributed by atoms with van der Waals surface area (Å²) in [7, 11) is -2.86. The molecule has 0 radical (unpaired) electrons. The smallest absolute Gasteiger partial charge is 0.152 e. The van der Waals surface area contributed by atoms with Crippen molar-refractivity contribution < 1.29 is 13.2 Å². The highest BCUT2D eigenvalue weighted by molar-refractivity contribution is 7.91. The van der Waals surface area contributed by atoms with Crippen LogP contribution in [0.1, 0.15) is 49.7 Å². The minimum absolute atomic E-state index is 0.270. The fourth-order valence-electron chi connectivity index (χ4n) is 5.40. The Morgan fingerprint density at radius 1 is 1.10 bits per heavy atom. The molecule has 4 aliphatic rings. The topological polar surface area (TPSA) is 62.2 Å². The van der Waals surface area contributed by atoms with Crippen molar-refractivity contribution in [2.24, 2.45) is 10.9 Å². The van der Waals surface area contributed by atoms with Gasteiger partial charge in [-0.15, -0.1) is 0 Å². The number of benzene rings is 1. The normalized spacial score (nSPS) is 24.8. The molecule has 0 spiro atoms. The van der Waals surface area contributed by atoms with Crippen LogP contribution in [0.3, 0.4) is 0 Å². The first-order valence-electron chi connectivity index (χ1n) is 11.5. The number of sulfone groups is 1. The van der Waals surface area contributed by atoms with Gasteiger partial charge in [-0.05, 0) is 36.8 Å². The summed E-state index contributed by atoms with van der Waals surface area (Å²) in [5.41, 5.74) is 2.52. The third-order valence-corrected chi connectivity index (χ3v) is 8.67. The van der Waals surface area contributed by atoms with Crippen molar-refractivity contribution >= 4 is 15.9 Å². The van der Waals surface area contributed by atoms with E-state index in [0.717, 1.165) is 49.6 Å². The highest BCUT2D eigenvalue weighted by Gasteiger charge is 2.26. The van der Waals surface area contributed by atoms with Gasteiger partial charge < -0.3 is 4.74 Å². The molecule has 1 aromatic carbocycles. The van der Waals surface area contributed by atoms with Gasteiger partial charge in [0.05, 0.1) is 11.5 Å². The van der Waals surface area contributed by atoms with Crippen LogP contribution in [0.25, 0.3) is 6.08 Å². The van der Waals surface area contributed by atoms with Gasteiger partial charge in [-0.2, -0.15) is 0 Å². The summed E-state index contributed by atoms with van der Waals surface area (Å²) < 4.78 is 29.9. The maximum Gasteiger partial charge on any atom is 0.152 e. The van der Waals surface area contributed by atoms with E-state index in [9.17, 15) is 8.42 Å². The molecule has 5 rings (SSSR count). The molecule has 2 fully saturated rings. The van der Waals surface area contributed by atoms with E-state index >= 15 is 0 Å². The van der Waals surface area contributed by atoms with Gasteiger partial charge in [-0.1, -0.05) is 25.3 Å². The van der Waals surface area contributed by atoms with Gasteiger partial charge in [-0.25, -0.2) is 8.42 Å². The Kier molecular flexibility index (Phi) is 5.86. The van der Waals surface area contributed by atoms with Crippen molar-refractivity contribution in [3.8, 4) is 5.75 Å². The highest BCUT2D eigenvalue weighted by atomic mass is 32.2. The monoisotopic (exact) mass is 431 g/mol. The van der Waals surface area contributed by atoms with E-state index in [0.29, 0.717) is 19.8 Å². The van der Waals surface area contributed by atoms with Crippen LogP contribution in [0.15, 0.2) is 11.1 Å². The lowest BCUT2D eigenvalue weighted by Gasteiger charge is -2.34. The van der Waals surface area contributed by atoms with Crippen LogP contribution in [0.2, 0.25) is 0 Å². The molecule has 30 heavy (non-hydrogen) atoms. The van der Waals surface area contributed by atoms with E-state index in [-0.39, 0.29) is 11.5 Å². The average Bonchev–Trinajstić information content (AvgIpc) is 2.76. The van der Waals surface area contributed by atoms with Gasteiger partial charge in [0.25, 0.3) is 0 Å². The molecule has 0 aromatic heterocycles. The molecule has 3 heterocycles. The first-order valence-corrected chi connectivity index (χ1v) is 13.4. The van der Waals surface area contributed by atoms with Gasteiger partial charge in [0.15, 0.2) is 15.6 Å². The summed E-state index contributed by atoms with van der Waals surface area (Å²) in [6, 6.07) is 2.31. The summed E-state index contributed by atoms with van der Waals surface area (Å²) >= 11 is 0. The standard InChI is InChI=1S/C23H33N3O3S/c27-30(28)11-9-25(10-12-30)15-19-13-20-16-26(14-18-5-2-1-3-6-18)17-29-23(20)22-21(19)7-4-8-24-22/h7,13,18H,1-6,8-12,14-17H2. The molecule has 1 saturated heterocycles. The molecule has 0 bridgehead atoms. The Morgan fingerprint density at radius 2 is 1.90 bits per heavy atom. The molecule has 6 nitrogen and oxygen atoms in total. The summed E-state index contributed by atoms with van der Waals surface area (Å²) in [4.78, 5) is 9.56. The SMILES string of the molecule is O=S1(=O)CCN(Cc2cc3c(c4c2=CCCN=4)OCN(CC2CCCCC2)C3)CC1. The van der Waals surface area contributed by atoms with E-state index in [1.54, 1.807) is 0 Å². The minimum Gasteiger partial charge on any atom is -0.476 e. The van der Waals surface area contributed by atoms with E-state index < -0.39 is 9.84 Å². The first kappa shape index (κ1) is 20.5.